The smallest absolute Gasteiger partial charge is 0.238 e. The zero-order chi connectivity index (χ0) is 15.0. The fourth-order valence-electron chi connectivity index (χ4n) is 2.14. The van der Waals surface area contributed by atoms with Gasteiger partial charge in [-0.05, 0) is 45.6 Å². The minimum absolute atomic E-state index is 0.205. The summed E-state index contributed by atoms with van der Waals surface area (Å²) in [5.41, 5.74) is 0.886. The average Bonchev–Trinajstić information content (AvgIpc) is 2.83. The van der Waals surface area contributed by atoms with Crippen molar-refractivity contribution in [2.24, 2.45) is 0 Å². The molecule has 0 aliphatic rings. The van der Waals surface area contributed by atoms with E-state index in [-0.39, 0.29) is 4.90 Å². The molecule has 6 heteroatoms. The van der Waals surface area contributed by atoms with Gasteiger partial charge in [0.25, 0.3) is 10.0 Å². The number of fused-ring (bicyclic) bond motifs is 1. The van der Waals surface area contributed by atoms with Crippen molar-refractivity contribution < 1.29 is 8.42 Å². The molecule has 0 bridgehead atoms. The summed E-state index contributed by atoms with van der Waals surface area (Å²) in [4.78, 5) is 3.56. The van der Waals surface area contributed by atoms with Gasteiger partial charge in [0.2, 0.25) is 0 Å². The first kappa shape index (κ1) is 13.9. The van der Waals surface area contributed by atoms with E-state index in [0.29, 0.717) is 15.8 Å². The predicted octanol–water partition coefficient (Wildman–Crippen LogP) is 4.19. The Morgan fingerprint density at radius 2 is 1.76 bits per heavy atom. The van der Waals surface area contributed by atoms with E-state index >= 15 is 0 Å². The summed E-state index contributed by atoms with van der Waals surface area (Å²) in [6.45, 7) is 7.07. The van der Waals surface area contributed by atoms with E-state index in [1.54, 1.807) is 54.6 Å². The summed E-state index contributed by atoms with van der Waals surface area (Å²) in [7, 11) is -3.71. The molecule has 0 N–H and O–H groups in total. The van der Waals surface area contributed by atoms with Crippen molar-refractivity contribution in [3.63, 3.8) is 0 Å². The molecule has 2 aromatic carbocycles. The van der Waals surface area contributed by atoms with Gasteiger partial charge in [-0.1, -0.05) is 30.3 Å². The first-order chi connectivity index (χ1) is 10.0. The monoisotopic (exact) mass is 360 g/mol. The molecule has 0 saturated heterocycles. The van der Waals surface area contributed by atoms with Crippen LogP contribution in [0, 0.1) is 6.57 Å². The molecule has 0 fully saturated rings. The van der Waals surface area contributed by atoms with Gasteiger partial charge in [0.1, 0.15) is 4.60 Å². The van der Waals surface area contributed by atoms with Crippen molar-refractivity contribution in [1.29, 1.82) is 0 Å². The molecular weight excluding hydrogens is 352 g/mol. The fraction of sp³-hybridized carbons (Fsp3) is 0. The van der Waals surface area contributed by atoms with E-state index in [9.17, 15) is 8.42 Å². The summed E-state index contributed by atoms with van der Waals surface area (Å²) < 4.78 is 27.2. The van der Waals surface area contributed by atoms with Crippen LogP contribution in [0.3, 0.4) is 0 Å². The Balaban J connectivity index is 2.35. The average molecular weight is 361 g/mol. The second-order valence-corrected chi connectivity index (χ2v) is 7.00. The number of hydrogen-bond donors (Lipinski definition) is 0. The molecule has 21 heavy (non-hydrogen) atoms. The highest BCUT2D eigenvalue weighted by atomic mass is 79.9. The summed E-state index contributed by atoms with van der Waals surface area (Å²) in [6.07, 6.45) is 0. The predicted molar refractivity (Wildman–Crippen MR) is 84.9 cm³/mol. The molecule has 0 amide bonds. The van der Waals surface area contributed by atoms with Crippen molar-refractivity contribution in [3.8, 4) is 0 Å². The Bertz CT molecular complexity index is 970. The summed E-state index contributed by atoms with van der Waals surface area (Å²) in [5.74, 6) is 0. The SMILES string of the molecule is [C-]#[N+]c1ccc2cc(Br)n(S(=O)(=O)c3ccccc3)c2c1. The number of rotatable bonds is 2. The molecule has 0 radical (unpaired) electrons. The number of aromatic nitrogens is 1. The van der Waals surface area contributed by atoms with Gasteiger partial charge in [-0.3, -0.25) is 0 Å². The Labute approximate surface area is 130 Å². The Morgan fingerprint density at radius 3 is 2.43 bits per heavy atom. The van der Waals surface area contributed by atoms with Crippen LogP contribution in [-0.4, -0.2) is 12.4 Å². The quantitative estimate of drug-likeness (QED) is 0.643. The molecule has 4 nitrogen and oxygen atoms in total. The van der Waals surface area contributed by atoms with Crippen LogP contribution < -0.4 is 0 Å². The van der Waals surface area contributed by atoms with Crippen LogP contribution in [0.25, 0.3) is 15.7 Å². The summed E-state index contributed by atoms with van der Waals surface area (Å²) in [5, 5.41) is 0.758. The van der Waals surface area contributed by atoms with Gasteiger partial charge < -0.3 is 0 Å². The van der Waals surface area contributed by atoms with Crippen molar-refractivity contribution >= 4 is 42.5 Å². The minimum atomic E-state index is -3.71. The summed E-state index contributed by atoms with van der Waals surface area (Å²) in [6, 6.07) is 14.9. The van der Waals surface area contributed by atoms with Gasteiger partial charge in [-0.15, -0.1) is 0 Å². The highest BCUT2D eigenvalue weighted by Crippen LogP contribution is 2.31. The Hall–Kier alpha value is -2.10. The van der Waals surface area contributed by atoms with Gasteiger partial charge in [0, 0.05) is 0 Å². The van der Waals surface area contributed by atoms with Crippen LogP contribution in [0.5, 0.6) is 0 Å². The standard InChI is InChI=1S/C15H9BrN2O2S/c1-17-12-8-7-11-9-15(16)18(14(11)10-12)21(19,20)13-5-3-2-4-6-13/h2-10H. The normalized spacial score (nSPS) is 11.4. The molecule has 0 aliphatic carbocycles. The van der Waals surface area contributed by atoms with Crippen molar-refractivity contribution in [2.75, 3.05) is 0 Å². The largest absolute Gasteiger partial charge is 0.269 e. The molecule has 1 heterocycles. The van der Waals surface area contributed by atoms with Crippen LogP contribution in [-0.2, 0) is 10.0 Å². The number of benzene rings is 2. The molecule has 0 unspecified atom stereocenters. The molecule has 0 saturated carbocycles. The summed E-state index contributed by atoms with van der Waals surface area (Å²) >= 11 is 3.30. The van der Waals surface area contributed by atoms with Gasteiger partial charge >= 0.3 is 0 Å². The topological polar surface area (TPSA) is 43.4 Å². The van der Waals surface area contributed by atoms with Gasteiger partial charge in [-0.25, -0.2) is 17.2 Å². The molecule has 0 atom stereocenters. The maximum Gasteiger partial charge on any atom is 0.269 e. The zero-order valence-electron chi connectivity index (χ0n) is 10.7. The van der Waals surface area contributed by atoms with Crippen LogP contribution >= 0.6 is 15.9 Å². The van der Waals surface area contributed by atoms with E-state index < -0.39 is 10.0 Å². The first-order valence-electron chi connectivity index (χ1n) is 6.03. The molecule has 0 aliphatic heterocycles. The molecule has 0 spiro atoms. The van der Waals surface area contributed by atoms with E-state index in [2.05, 4.69) is 20.8 Å². The third kappa shape index (κ3) is 2.24. The van der Waals surface area contributed by atoms with Crippen LogP contribution in [0.1, 0.15) is 0 Å². The van der Waals surface area contributed by atoms with Crippen LogP contribution in [0.4, 0.5) is 5.69 Å². The molecular formula is C15H9BrN2O2S. The lowest BCUT2D eigenvalue weighted by Crippen LogP contribution is -2.12. The Morgan fingerprint density at radius 1 is 1.05 bits per heavy atom. The third-order valence-corrected chi connectivity index (χ3v) is 5.67. The lowest BCUT2D eigenvalue weighted by atomic mass is 10.2. The number of nitrogens with zero attached hydrogens (tertiary/aromatic N) is 2. The van der Waals surface area contributed by atoms with Crippen molar-refractivity contribution in [2.45, 2.75) is 4.90 Å². The lowest BCUT2D eigenvalue weighted by molar-refractivity contribution is 0.588. The van der Waals surface area contributed by atoms with Crippen molar-refractivity contribution in [3.05, 3.63) is 70.6 Å². The molecule has 1 aromatic heterocycles. The van der Waals surface area contributed by atoms with Gasteiger partial charge in [0.05, 0.1) is 17.0 Å². The molecule has 3 aromatic rings. The maximum absolute atomic E-state index is 12.8. The Kier molecular flexibility index (Phi) is 3.32. The van der Waals surface area contributed by atoms with Crippen LogP contribution in [0.2, 0.25) is 0 Å². The van der Waals surface area contributed by atoms with Gasteiger partial charge in [-0.2, -0.15) is 0 Å². The highest BCUT2D eigenvalue weighted by Gasteiger charge is 2.21. The zero-order valence-corrected chi connectivity index (χ0v) is 13.1. The second kappa shape index (κ2) is 5.02. The van der Waals surface area contributed by atoms with E-state index in [1.807, 2.05) is 0 Å². The van der Waals surface area contributed by atoms with E-state index in [4.69, 9.17) is 6.57 Å². The fourth-order valence-corrected chi connectivity index (χ4v) is 4.56. The number of hydrogen-bond acceptors (Lipinski definition) is 2. The number of halogens is 1. The molecule has 104 valence electrons. The lowest BCUT2D eigenvalue weighted by Gasteiger charge is -2.09. The second-order valence-electron chi connectivity index (χ2n) is 4.40. The highest BCUT2D eigenvalue weighted by molar-refractivity contribution is 9.10. The maximum atomic E-state index is 12.8. The first-order valence-corrected chi connectivity index (χ1v) is 8.26. The third-order valence-electron chi connectivity index (χ3n) is 3.11. The van der Waals surface area contributed by atoms with Gasteiger partial charge in [0.15, 0.2) is 5.69 Å². The molecule has 3 rings (SSSR count). The van der Waals surface area contributed by atoms with E-state index in [0.717, 1.165) is 5.39 Å². The minimum Gasteiger partial charge on any atom is -0.238 e. The van der Waals surface area contributed by atoms with Crippen LogP contribution in [0.15, 0.2) is 64.1 Å². The van der Waals surface area contributed by atoms with E-state index in [1.165, 1.54) is 3.97 Å². The van der Waals surface area contributed by atoms with Crippen molar-refractivity contribution in [1.82, 2.24) is 3.97 Å².